The molecular weight excluding hydrogens is 468 g/mol. The Morgan fingerprint density at radius 1 is 1.03 bits per heavy atom. The monoisotopic (exact) mass is 500 g/mol. The van der Waals surface area contributed by atoms with Crippen LogP contribution in [0.1, 0.15) is 38.8 Å². The first-order valence-electron chi connectivity index (χ1n) is 10.6. The average molecular weight is 501 g/mol. The van der Waals surface area contributed by atoms with Crippen LogP contribution in [0.3, 0.4) is 0 Å². The van der Waals surface area contributed by atoms with Crippen molar-refractivity contribution in [3.05, 3.63) is 18.2 Å². The summed E-state index contributed by atoms with van der Waals surface area (Å²) in [6.07, 6.45) is 2.31. The van der Waals surface area contributed by atoms with Gasteiger partial charge in [-0.1, -0.05) is 13.8 Å². The maximum atomic E-state index is 13.1. The van der Waals surface area contributed by atoms with Gasteiger partial charge in [0.25, 0.3) is 0 Å². The molecule has 0 aliphatic carbocycles. The third-order valence-electron chi connectivity index (χ3n) is 4.75. The Morgan fingerprint density at radius 3 is 2.12 bits per heavy atom. The van der Waals surface area contributed by atoms with Gasteiger partial charge in [-0.25, -0.2) is 9.78 Å². The number of imidazole rings is 1. The highest BCUT2D eigenvalue weighted by molar-refractivity contribution is 7.80. The SMILES string of the molecule is CC(C)CC(NC(=O)C(Cc1cnc[nH]1)NC(=O)C(N)CS)C(=O)NC(CCC(=O)O)C(=O)O. The van der Waals surface area contributed by atoms with Crippen LogP contribution >= 0.6 is 12.6 Å². The number of nitrogens with zero attached hydrogens (tertiary/aromatic N) is 1. The van der Waals surface area contributed by atoms with E-state index in [0.29, 0.717) is 5.69 Å². The third kappa shape index (κ3) is 10.2. The number of aromatic nitrogens is 2. The molecule has 0 radical (unpaired) electrons. The summed E-state index contributed by atoms with van der Waals surface area (Å²) in [5.74, 6) is -4.68. The Morgan fingerprint density at radius 2 is 1.62 bits per heavy atom. The number of rotatable bonds is 15. The maximum Gasteiger partial charge on any atom is 0.326 e. The van der Waals surface area contributed by atoms with Crippen molar-refractivity contribution in [1.82, 2.24) is 25.9 Å². The number of carboxylic acid groups (broad SMARTS) is 2. The molecule has 190 valence electrons. The number of carbonyl (C=O) groups excluding carboxylic acids is 3. The van der Waals surface area contributed by atoms with Gasteiger partial charge < -0.3 is 36.9 Å². The summed E-state index contributed by atoms with van der Waals surface area (Å²) in [4.78, 5) is 67.1. The maximum absolute atomic E-state index is 13.1. The van der Waals surface area contributed by atoms with E-state index in [9.17, 15) is 29.1 Å². The van der Waals surface area contributed by atoms with Crippen molar-refractivity contribution in [1.29, 1.82) is 0 Å². The number of carboxylic acids is 2. The highest BCUT2D eigenvalue weighted by Gasteiger charge is 2.31. The molecule has 0 aliphatic rings. The number of aromatic amines is 1. The lowest BCUT2D eigenvalue weighted by Gasteiger charge is -2.25. The van der Waals surface area contributed by atoms with Gasteiger partial charge in [0.2, 0.25) is 17.7 Å². The summed E-state index contributed by atoms with van der Waals surface area (Å²) < 4.78 is 0. The lowest BCUT2D eigenvalue weighted by atomic mass is 10.0. The van der Waals surface area contributed by atoms with Gasteiger partial charge in [0.15, 0.2) is 0 Å². The van der Waals surface area contributed by atoms with Gasteiger partial charge in [0.1, 0.15) is 18.1 Å². The Bertz CT molecular complexity index is 848. The second kappa shape index (κ2) is 14.2. The third-order valence-corrected chi connectivity index (χ3v) is 5.14. The molecule has 3 amide bonds. The smallest absolute Gasteiger partial charge is 0.326 e. The molecule has 1 aromatic rings. The Hall–Kier alpha value is -3.13. The van der Waals surface area contributed by atoms with Gasteiger partial charge in [-0.15, -0.1) is 0 Å². The number of thiol groups is 1. The highest BCUT2D eigenvalue weighted by Crippen LogP contribution is 2.08. The zero-order valence-electron chi connectivity index (χ0n) is 19.0. The number of hydrogen-bond acceptors (Lipinski definition) is 8. The minimum Gasteiger partial charge on any atom is -0.481 e. The second-order valence-electron chi connectivity index (χ2n) is 8.15. The van der Waals surface area contributed by atoms with Crippen molar-refractivity contribution in [2.75, 3.05) is 5.75 Å². The molecule has 0 fully saturated rings. The van der Waals surface area contributed by atoms with Crippen LogP contribution in [0.4, 0.5) is 0 Å². The molecule has 0 saturated heterocycles. The van der Waals surface area contributed by atoms with Crippen LogP contribution in [-0.4, -0.2) is 79.8 Å². The van der Waals surface area contributed by atoms with Crippen LogP contribution < -0.4 is 21.7 Å². The van der Waals surface area contributed by atoms with E-state index >= 15 is 0 Å². The first-order chi connectivity index (χ1) is 15.9. The number of H-pyrrole nitrogens is 1. The van der Waals surface area contributed by atoms with Crippen molar-refractivity contribution in [3.8, 4) is 0 Å². The van der Waals surface area contributed by atoms with Gasteiger partial charge in [0, 0.05) is 30.5 Å². The van der Waals surface area contributed by atoms with Crippen LogP contribution in [0.2, 0.25) is 0 Å². The Balaban J connectivity index is 3.02. The minimum atomic E-state index is -1.44. The summed E-state index contributed by atoms with van der Waals surface area (Å²) >= 11 is 3.98. The highest BCUT2D eigenvalue weighted by atomic mass is 32.1. The lowest BCUT2D eigenvalue weighted by molar-refractivity contribution is -0.143. The fraction of sp³-hybridized carbons (Fsp3) is 0.600. The number of carbonyl (C=O) groups is 5. The standard InChI is InChI=1S/C20H32N6O7S/c1-10(2)5-14(18(30)24-13(20(32)33)3-4-16(27)28)26-19(31)15(6-11-7-22-9-23-11)25-17(29)12(21)8-34/h7,9-10,12-15,34H,3-6,8,21H2,1-2H3,(H,22,23)(H,24,30)(H,25,29)(H,26,31)(H,27,28)(H,32,33). The second-order valence-corrected chi connectivity index (χ2v) is 8.52. The Labute approximate surface area is 202 Å². The summed E-state index contributed by atoms with van der Waals surface area (Å²) in [6, 6.07) is -4.63. The first kappa shape index (κ1) is 28.9. The normalized spacial score (nSPS) is 14.5. The van der Waals surface area contributed by atoms with E-state index in [1.807, 2.05) is 0 Å². The van der Waals surface area contributed by atoms with E-state index in [1.165, 1.54) is 12.5 Å². The Kier molecular flexibility index (Phi) is 12.1. The van der Waals surface area contributed by atoms with Gasteiger partial charge in [-0.3, -0.25) is 19.2 Å². The number of hydrogen-bond donors (Lipinski definition) is 8. The molecule has 14 heteroatoms. The molecule has 4 atom stereocenters. The van der Waals surface area contributed by atoms with Crippen LogP contribution in [0.15, 0.2) is 12.5 Å². The molecule has 8 N–H and O–H groups in total. The summed E-state index contributed by atoms with van der Waals surface area (Å²) in [5.41, 5.74) is 6.23. The van der Waals surface area contributed by atoms with Crippen LogP contribution in [0.5, 0.6) is 0 Å². The predicted molar refractivity (Wildman–Crippen MR) is 124 cm³/mol. The van der Waals surface area contributed by atoms with Gasteiger partial charge in [-0.05, 0) is 18.8 Å². The fourth-order valence-corrected chi connectivity index (χ4v) is 3.13. The van der Waals surface area contributed by atoms with Gasteiger partial charge in [-0.2, -0.15) is 12.6 Å². The summed E-state index contributed by atoms with van der Waals surface area (Å²) in [5, 5.41) is 25.5. The largest absolute Gasteiger partial charge is 0.481 e. The quantitative estimate of drug-likeness (QED) is 0.133. The molecule has 0 spiro atoms. The predicted octanol–water partition coefficient (Wildman–Crippen LogP) is -1.34. The van der Waals surface area contributed by atoms with E-state index in [2.05, 4.69) is 38.5 Å². The van der Waals surface area contributed by atoms with E-state index in [1.54, 1.807) is 13.8 Å². The van der Waals surface area contributed by atoms with Crippen molar-refractivity contribution in [2.24, 2.45) is 11.7 Å². The van der Waals surface area contributed by atoms with E-state index in [0.717, 1.165) is 0 Å². The van der Waals surface area contributed by atoms with Crippen molar-refractivity contribution in [3.63, 3.8) is 0 Å². The molecule has 0 bridgehead atoms. The number of aliphatic carboxylic acids is 2. The number of amides is 3. The zero-order chi connectivity index (χ0) is 25.8. The molecule has 13 nitrogen and oxygen atoms in total. The first-order valence-corrected chi connectivity index (χ1v) is 11.3. The van der Waals surface area contributed by atoms with Gasteiger partial charge in [0.05, 0.1) is 12.4 Å². The molecule has 1 rings (SSSR count). The molecular formula is C20H32N6O7S. The minimum absolute atomic E-state index is 0.0310. The average Bonchev–Trinajstić information content (AvgIpc) is 3.27. The number of nitrogens with two attached hydrogens (primary N) is 1. The molecule has 1 heterocycles. The molecule has 1 aromatic heterocycles. The van der Waals surface area contributed by atoms with E-state index in [-0.39, 0.29) is 30.9 Å². The van der Waals surface area contributed by atoms with Gasteiger partial charge >= 0.3 is 11.9 Å². The molecule has 0 aliphatic heterocycles. The topological polar surface area (TPSA) is 217 Å². The van der Waals surface area contributed by atoms with Crippen LogP contribution in [0.25, 0.3) is 0 Å². The van der Waals surface area contributed by atoms with E-state index < -0.39 is 60.2 Å². The molecule has 0 aromatic carbocycles. The lowest BCUT2D eigenvalue weighted by Crippen LogP contribution is -2.58. The molecule has 0 saturated carbocycles. The summed E-state index contributed by atoms with van der Waals surface area (Å²) in [7, 11) is 0. The van der Waals surface area contributed by atoms with Crippen molar-refractivity contribution >= 4 is 42.3 Å². The van der Waals surface area contributed by atoms with Crippen molar-refractivity contribution in [2.45, 2.75) is 63.7 Å². The zero-order valence-corrected chi connectivity index (χ0v) is 19.9. The van der Waals surface area contributed by atoms with E-state index in [4.69, 9.17) is 10.8 Å². The van der Waals surface area contributed by atoms with Crippen molar-refractivity contribution < 1.29 is 34.2 Å². The number of nitrogens with one attached hydrogen (secondary N) is 4. The summed E-state index contributed by atoms with van der Waals surface area (Å²) in [6.45, 7) is 3.61. The molecule has 34 heavy (non-hydrogen) atoms. The fourth-order valence-electron chi connectivity index (χ4n) is 2.96. The van der Waals surface area contributed by atoms with Crippen LogP contribution in [0, 0.1) is 5.92 Å². The molecule has 4 unspecified atom stereocenters. The van der Waals surface area contributed by atoms with Crippen LogP contribution in [-0.2, 0) is 30.4 Å².